The monoisotopic (exact) mass is 650 g/mol. The van der Waals surface area contributed by atoms with E-state index >= 15 is 0 Å². The number of hydrogen-bond donors (Lipinski definition) is 0. The second-order valence-electron chi connectivity index (χ2n) is 13.4. The van der Waals surface area contributed by atoms with Crippen LogP contribution in [0.25, 0.3) is 99.2 Å². The molecule has 0 radical (unpaired) electrons. The van der Waals surface area contributed by atoms with Gasteiger partial charge in [0.25, 0.3) is 0 Å². The van der Waals surface area contributed by atoms with Gasteiger partial charge in [0.2, 0.25) is 0 Å². The number of para-hydroxylation sites is 3. The zero-order valence-electron chi connectivity index (χ0n) is 27.6. The summed E-state index contributed by atoms with van der Waals surface area (Å²) in [7, 11) is 0. The highest BCUT2D eigenvalue weighted by Gasteiger charge is 2.19. The standard InChI is InChI=1S/C48H30N2O/c1-2-10-31(11-3-1)32-18-20-33(21-19-32)34-22-24-35(25-23-34)49-43-15-7-4-12-37(43)40-30-46-41(29-45(40)49)38-13-5-8-16-44(38)50(46)36-26-27-48-42(28-36)39-14-6-9-17-47(39)51-48/h1-30H. The van der Waals surface area contributed by atoms with Gasteiger partial charge in [-0.3, -0.25) is 0 Å². The van der Waals surface area contributed by atoms with Gasteiger partial charge in [-0.15, -0.1) is 0 Å². The molecule has 0 amide bonds. The van der Waals surface area contributed by atoms with E-state index in [1.54, 1.807) is 0 Å². The Morgan fingerprint density at radius 2 is 0.725 bits per heavy atom. The molecule has 11 rings (SSSR count). The molecular weight excluding hydrogens is 621 g/mol. The molecule has 0 spiro atoms. The molecule has 0 saturated carbocycles. The Morgan fingerprint density at radius 1 is 0.275 bits per heavy atom. The van der Waals surface area contributed by atoms with Gasteiger partial charge in [-0.1, -0.05) is 121 Å². The molecule has 0 saturated heterocycles. The second kappa shape index (κ2) is 10.8. The predicted octanol–water partition coefficient (Wildman–Crippen LogP) is 13.1. The number of nitrogens with zero attached hydrogens (tertiary/aromatic N) is 2. The summed E-state index contributed by atoms with van der Waals surface area (Å²) in [4.78, 5) is 0. The zero-order chi connectivity index (χ0) is 33.5. The van der Waals surface area contributed by atoms with E-state index in [-0.39, 0.29) is 0 Å². The van der Waals surface area contributed by atoms with E-state index in [0.717, 1.165) is 33.3 Å². The summed E-state index contributed by atoms with van der Waals surface area (Å²) in [5.74, 6) is 0. The summed E-state index contributed by atoms with van der Waals surface area (Å²) >= 11 is 0. The molecule has 11 aromatic rings. The van der Waals surface area contributed by atoms with Crippen molar-refractivity contribution in [2.24, 2.45) is 0 Å². The maximum Gasteiger partial charge on any atom is 0.135 e. The van der Waals surface area contributed by atoms with Crippen molar-refractivity contribution >= 4 is 65.6 Å². The van der Waals surface area contributed by atoms with Gasteiger partial charge in [-0.25, -0.2) is 0 Å². The van der Waals surface area contributed by atoms with Crippen LogP contribution < -0.4 is 0 Å². The van der Waals surface area contributed by atoms with Crippen molar-refractivity contribution < 1.29 is 4.42 Å². The molecule has 0 bridgehead atoms. The van der Waals surface area contributed by atoms with Gasteiger partial charge in [-0.2, -0.15) is 0 Å². The maximum atomic E-state index is 6.19. The van der Waals surface area contributed by atoms with Gasteiger partial charge in [-0.05, 0) is 82.9 Å². The Balaban J connectivity index is 1.09. The highest BCUT2D eigenvalue weighted by molar-refractivity contribution is 6.19. The van der Waals surface area contributed by atoms with Crippen LogP contribution >= 0.6 is 0 Å². The molecule has 0 atom stereocenters. The van der Waals surface area contributed by atoms with Crippen molar-refractivity contribution in [3.8, 4) is 33.6 Å². The molecule has 3 nitrogen and oxygen atoms in total. The smallest absolute Gasteiger partial charge is 0.135 e. The number of fused-ring (bicyclic) bond motifs is 9. The molecule has 238 valence electrons. The minimum atomic E-state index is 0.904. The summed E-state index contributed by atoms with van der Waals surface area (Å²) < 4.78 is 11.0. The molecule has 0 N–H and O–H groups in total. The van der Waals surface area contributed by atoms with E-state index in [2.05, 4.69) is 179 Å². The van der Waals surface area contributed by atoms with Crippen LogP contribution in [-0.4, -0.2) is 9.13 Å². The molecule has 0 fully saturated rings. The minimum Gasteiger partial charge on any atom is -0.456 e. The van der Waals surface area contributed by atoms with E-state index in [1.165, 1.54) is 65.9 Å². The van der Waals surface area contributed by atoms with Gasteiger partial charge in [0.05, 0.1) is 22.1 Å². The van der Waals surface area contributed by atoms with Crippen LogP contribution in [0.4, 0.5) is 0 Å². The van der Waals surface area contributed by atoms with Crippen LogP contribution in [0.2, 0.25) is 0 Å². The summed E-state index contributed by atoms with van der Waals surface area (Å²) in [6.45, 7) is 0. The van der Waals surface area contributed by atoms with Crippen molar-refractivity contribution in [1.82, 2.24) is 9.13 Å². The van der Waals surface area contributed by atoms with Gasteiger partial charge >= 0.3 is 0 Å². The van der Waals surface area contributed by atoms with Gasteiger partial charge in [0, 0.05) is 43.7 Å². The van der Waals surface area contributed by atoms with Crippen molar-refractivity contribution in [3.63, 3.8) is 0 Å². The van der Waals surface area contributed by atoms with E-state index in [9.17, 15) is 0 Å². The Kier molecular flexibility index (Phi) is 5.96. The van der Waals surface area contributed by atoms with Crippen molar-refractivity contribution in [2.75, 3.05) is 0 Å². The third-order valence-corrected chi connectivity index (χ3v) is 10.5. The fraction of sp³-hybridized carbons (Fsp3) is 0. The Hall–Kier alpha value is -6.84. The molecule has 0 aliphatic heterocycles. The van der Waals surface area contributed by atoms with Crippen LogP contribution in [0.1, 0.15) is 0 Å². The maximum absolute atomic E-state index is 6.19. The molecule has 3 heterocycles. The van der Waals surface area contributed by atoms with Crippen molar-refractivity contribution in [1.29, 1.82) is 0 Å². The average molecular weight is 651 g/mol. The van der Waals surface area contributed by atoms with E-state index in [1.807, 2.05) is 12.1 Å². The van der Waals surface area contributed by atoms with E-state index < -0.39 is 0 Å². The number of rotatable bonds is 4. The van der Waals surface area contributed by atoms with Crippen LogP contribution in [0.3, 0.4) is 0 Å². The Morgan fingerprint density at radius 3 is 1.35 bits per heavy atom. The lowest BCUT2D eigenvalue weighted by Gasteiger charge is -2.11. The van der Waals surface area contributed by atoms with Crippen LogP contribution in [0.5, 0.6) is 0 Å². The first kappa shape index (κ1) is 28.0. The first-order valence-corrected chi connectivity index (χ1v) is 17.4. The molecule has 3 aromatic heterocycles. The number of aromatic nitrogens is 2. The summed E-state index contributed by atoms with van der Waals surface area (Å²) in [6, 6.07) is 65.6. The SMILES string of the molecule is c1ccc(-c2ccc(-c3ccc(-n4c5ccccc5c5cc6c(cc54)c4ccccc4n6-c4ccc5oc6ccccc6c5c4)cc3)cc2)cc1. The Bertz CT molecular complexity index is 3100. The first-order valence-electron chi connectivity index (χ1n) is 17.4. The number of furan rings is 1. The van der Waals surface area contributed by atoms with E-state index in [4.69, 9.17) is 4.42 Å². The highest BCUT2D eigenvalue weighted by atomic mass is 16.3. The second-order valence-corrected chi connectivity index (χ2v) is 13.4. The molecule has 0 aliphatic carbocycles. The topological polar surface area (TPSA) is 23.0 Å². The average Bonchev–Trinajstić information content (AvgIpc) is 3.84. The van der Waals surface area contributed by atoms with Gasteiger partial charge in [0.15, 0.2) is 0 Å². The fourth-order valence-electron chi connectivity index (χ4n) is 8.13. The highest BCUT2D eigenvalue weighted by Crippen LogP contribution is 2.41. The number of hydrogen-bond acceptors (Lipinski definition) is 1. The lowest BCUT2D eigenvalue weighted by atomic mass is 10.0. The predicted molar refractivity (Wildman–Crippen MR) is 213 cm³/mol. The largest absolute Gasteiger partial charge is 0.456 e. The first-order chi connectivity index (χ1) is 25.3. The molecule has 51 heavy (non-hydrogen) atoms. The Labute approximate surface area is 293 Å². The third kappa shape index (κ3) is 4.25. The molecule has 0 unspecified atom stereocenters. The quantitative estimate of drug-likeness (QED) is 0.186. The molecule has 8 aromatic carbocycles. The molecule has 0 aliphatic rings. The molecular formula is C48H30N2O. The minimum absolute atomic E-state index is 0.904. The summed E-state index contributed by atoms with van der Waals surface area (Å²) in [5, 5.41) is 7.20. The number of benzene rings is 8. The summed E-state index contributed by atoms with van der Waals surface area (Å²) in [5.41, 5.74) is 13.7. The fourth-order valence-corrected chi connectivity index (χ4v) is 8.13. The van der Waals surface area contributed by atoms with E-state index in [0.29, 0.717) is 0 Å². The zero-order valence-corrected chi connectivity index (χ0v) is 27.6. The summed E-state index contributed by atoms with van der Waals surface area (Å²) in [6.07, 6.45) is 0. The lowest BCUT2D eigenvalue weighted by molar-refractivity contribution is 0.669. The van der Waals surface area contributed by atoms with Crippen LogP contribution in [0.15, 0.2) is 186 Å². The van der Waals surface area contributed by atoms with Crippen LogP contribution in [-0.2, 0) is 0 Å². The van der Waals surface area contributed by atoms with Crippen LogP contribution in [0, 0.1) is 0 Å². The molecule has 3 heteroatoms. The van der Waals surface area contributed by atoms with Gasteiger partial charge < -0.3 is 13.6 Å². The lowest BCUT2D eigenvalue weighted by Crippen LogP contribution is -1.95. The van der Waals surface area contributed by atoms with Crippen molar-refractivity contribution in [3.05, 3.63) is 182 Å². The normalized spacial score (nSPS) is 11.9. The van der Waals surface area contributed by atoms with Crippen molar-refractivity contribution in [2.45, 2.75) is 0 Å². The third-order valence-electron chi connectivity index (χ3n) is 10.5. The van der Waals surface area contributed by atoms with Gasteiger partial charge in [0.1, 0.15) is 11.2 Å².